The number of carboxylic acids is 1. The van der Waals surface area contributed by atoms with Crippen molar-refractivity contribution >= 4 is 18.0 Å². The van der Waals surface area contributed by atoms with Gasteiger partial charge in [-0.3, -0.25) is 9.59 Å². The van der Waals surface area contributed by atoms with E-state index in [1.807, 2.05) is 6.92 Å². The summed E-state index contributed by atoms with van der Waals surface area (Å²) in [5.41, 5.74) is 1.29. The Bertz CT molecular complexity index is 609. The number of fused-ring (bicyclic) bond motifs is 1. The van der Waals surface area contributed by atoms with Crippen LogP contribution in [0, 0.1) is 0 Å². The third-order valence-corrected chi connectivity index (χ3v) is 3.47. The fourth-order valence-electron chi connectivity index (χ4n) is 2.24. The lowest BCUT2D eigenvalue weighted by atomic mass is 10.1. The number of ether oxygens (including phenoxy) is 2. The summed E-state index contributed by atoms with van der Waals surface area (Å²) in [6, 6.07) is 5.40. The summed E-state index contributed by atoms with van der Waals surface area (Å²) in [6.45, 7) is 2.64. The van der Waals surface area contributed by atoms with Crippen LogP contribution in [0.1, 0.15) is 18.9 Å². The van der Waals surface area contributed by atoms with Crippen molar-refractivity contribution in [3.63, 3.8) is 0 Å². The van der Waals surface area contributed by atoms with Crippen molar-refractivity contribution < 1.29 is 24.2 Å². The molecule has 0 unspecified atom stereocenters. The lowest BCUT2D eigenvalue weighted by molar-refractivity contribution is -0.138. The SMILES string of the molecule is CCN(CCC(=O)O)C(=O)C1=Cc2cc(OC)ccc2OC1. The highest BCUT2D eigenvalue weighted by molar-refractivity contribution is 5.99. The molecule has 0 radical (unpaired) electrons. The predicted octanol–water partition coefficient (Wildman–Crippen LogP) is 1.79. The summed E-state index contributed by atoms with van der Waals surface area (Å²) in [5, 5.41) is 8.75. The van der Waals surface area contributed by atoms with Crippen molar-refractivity contribution in [3.05, 3.63) is 29.3 Å². The second-order valence-electron chi connectivity index (χ2n) is 4.89. The summed E-state index contributed by atoms with van der Waals surface area (Å²) in [5.74, 6) is 0.267. The first-order valence-electron chi connectivity index (χ1n) is 7.07. The van der Waals surface area contributed by atoms with Gasteiger partial charge in [0.05, 0.1) is 19.1 Å². The molecule has 2 rings (SSSR count). The number of aliphatic carboxylic acids is 1. The molecule has 0 bridgehead atoms. The third-order valence-electron chi connectivity index (χ3n) is 3.47. The van der Waals surface area contributed by atoms with Crippen LogP contribution in [0.25, 0.3) is 6.08 Å². The second kappa shape index (κ2) is 6.98. The molecule has 1 heterocycles. The molecule has 1 amide bonds. The smallest absolute Gasteiger partial charge is 0.305 e. The van der Waals surface area contributed by atoms with Crippen molar-refractivity contribution in [2.24, 2.45) is 0 Å². The molecule has 6 nitrogen and oxygen atoms in total. The fourth-order valence-corrected chi connectivity index (χ4v) is 2.24. The van der Waals surface area contributed by atoms with Crippen LogP contribution in [0.15, 0.2) is 23.8 Å². The summed E-state index contributed by atoms with van der Waals surface area (Å²) < 4.78 is 10.8. The van der Waals surface area contributed by atoms with Crippen LogP contribution in [0.3, 0.4) is 0 Å². The molecular formula is C16H19NO5. The third kappa shape index (κ3) is 3.58. The summed E-state index contributed by atoms with van der Waals surface area (Å²) in [6.07, 6.45) is 1.70. The molecule has 118 valence electrons. The molecule has 0 atom stereocenters. The largest absolute Gasteiger partial charge is 0.497 e. The Balaban J connectivity index is 2.18. The minimum absolute atomic E-state index is 0.0713. The zero-order valence-electron chi connectivity index (χ0n) is 12.7. The molecule has 1 N–H and O–H groups in total. The lowest BCUT2D eigenvalue weighted by Crippen LogP contribution is -2.35. The molecule has 0 aliphatic carbocycles. The van der Waals surface area contributed by atoms with Crippen molar-refractivity contribution in [1.29, 1.82) is 0 Å². The number of carbonyl (C=O) groups is 2. The van der Waals surface area contributed by atoms with E-state index in [1.165, 1.54) is 4.90 Å². The van der Waals surface area contributed by atoms with E-state index in [1.54, 1.807) is 31.4 Å². The van der Waals surface area contributed by atoms with Gasteiger partial charge < -0.3 is 19.5 Å². The number of likely N-dealkylation sites (N-methyl/N-ethyl adjacent to an activating group) is 1. The highest BCUT2D eigenvalue weighted by Gasteiger charge is 2.22. The first kappa shape index (κ1) is 15.9. The topological polar surface area (TPSA) is 76.1 Å². The Morgan fingerprint density at radius 1 is 1.41 bits per heavy atom. The van der Waals surface area contributed by atoms with Crippen LogP contribution < -0.4 is 9.47 Å². The van der Waals surface area contributed by atoms with E-state index >= 15 is 0 Å². The number of nitrogens with zero attached hydrogens (tertiary/aromatic N) is 1. The number of amides is 1. The summed E-state index contributed by atoms with van der Waals surface area (Å²) >= 11 is 0. The maximum Gasteiger partial charge on any atom is 0.305 e. The average Bonchev–Trinajstić information content (AvgIpc) is 2.53. The van der Waals surface area contributed by atoms with Crippen LogP contribution in [-0.4, -0.2) is 48.7 Å². The molecule has 6 heteroatoms. The van der Waals surface area contributed by atoms with E-state index < -0.39 is 5.97 Å². The average molecular weight is 305 g/mol. The number of carboxylic acid groups (broad SMARTS) is 1. The fraction of sp³-hybridized carbons (Fsp3) is 0.375. The number of benzene rings is 1. The minimum atomic E-state index is -0.921. The number of hydrogen-bond acceptors (Lipinski definition) is 4. The number of methoxy groups -OCH3 is 1. The van der Waals surface area contributed by atoms with Gasteiger partial charge in [-0.05, 0) is 31.2 Å². The van der Waals surface area contributed by atoms with Gasteiger partial charge in [-0.2, -0.15) is 0 Å². The van der Waals surface area contributed by atoms with E-state index in [4.69, 9.17) is 14.6 Å². The normalized spacial score (nSPS) is 12.7. The second-order valence-corrected chi connectivity index (χ2v) is 4.89. The van der Waals surface area contributed by atoms with Gasteiger partial charge >= 0.3 is 5.97 Å². The van der Waals surface area contributed by atoms with Crippen molar-refractivity contribution in [2.75, 3.05) is 26.8 Å². The molecule has 1 aliphatic heterocycles. The maximum absolute atomic E-state index is 12.5. The van der Waals surface area contributed by atoms with Gasteiger partial charge in [-0.25, -0.2) is 0 Å². The standard InChI is InChI=1S/C16H19NO5/c1-3-17(7-6-15(18)19)16(20)12-8-11-9-13(21-2)4-5-14(11)22-10-12/h4-5,8-9H,3,6-7,10H2,1-2H3,(H,18,19). The number of rotatable bonds is 6. The van der Waals surface area contributed by atoms with Crippen LogP contribution in [0.4, 0.5) is 0 Å². The molecule has 1 aromatic carbocycles. The number of carbonyl (C=O) groups excluding carboxylic acids is 1. The quantitative estimate of drug-likeness (QED) is 0.867. The van der Waals surface area contributed by atoms with Crippen LogP contribution in [-0.2, 0) is 9.59 Å². The zero-order chi connectivity index (χ0) is 16.1. The van der Waals surface area contributed by atoms with Gasteiger partial charge in [0.1, 0.15) is 18.1 Å². The highest BCUT2D eigenvalue weighted by atomic mass is 16.5. The Kier molecular flexibility index (Phi) is 5.04. The molecule has 0 saturated heterocycles. The molecule has 0 fully saturated rings. The Labute approximate surface area is 128 Å². The van der Waals surface area contributed by atoms with Crippen LogP contribution in [0.2, 0.25) is 0 Å². The lowest BCUT2D eigenvalue weighted by Gasteiger charge is -2.24. The maximum atomic E-state index is 12.5. The van der Waals surface area contributed by atoms with Crippen LogP contribution >= 0.6 is 0 Å². The van der Waals surface area contributed by atoms with Crippen molar-refractivity contribution in [2.45, 2.75) is 13.3 Å². The van der Waals surface area contributed by atoms with E-state index in [0.717, 1.165) is 5.56 Å². The summed E-state index contributed by atoms with van der Waals surface area (Å²) in [7, 11) is 1.58. The van der Waals surface area contributed by atoms with Gasteiger partial charge in [0, 0.05) is 18.7 Å². The van der Waals surface area contributed by atoms with Gasteiger partial charge in [-0.15, -0.1) is 0 Å². The van der Waals surface area contributed by atoms with Gasteiger partial charge in [-0.1, -0.05) is 0 Å². The van der Waals surface area contributed by atoms with Crippen molar-refractivity contribution in [1.82, 2.24) is 4.90 Å². The monoisotopic (exact) mass is 305 g/mol. The molecule has 1 aromatic rings. The Hall–Kier alpha value is -2.50. The predicted molar refractivity (Wildman–Crippen MR) is 81.0 cm³/mol. The first-order valence-corrected chi connectivity index (χ1v) is 7.07. The van der Waals surface area contributed by atoms with Crippen molar-refractivity contribution in [3.8, 4) is 11.5 Å². The molecule has 0 saturated carbocycles. The van der Waals surface area contributed by atoms with E-state index in [-0.39, 0.29) is 25.5 Å². The van der Waals surface area contributed by atoms with Gasteiger partial charge in [0.15, 0.2) is 0 Å². The molecule has 22 heavy (non-hydrogen) atoms. The highest BCUT2D eigenvalue weighted by Crippen LogP contribution is 2.30. The summed E-state index contributed by atoms with van der Waals surface area (Å²) in [4.78, 5) is 24.6. The van der Waals surface area contributed by atoms with Crippen LogP contribution in [0.5, 0.6) is 11.5 Å². The molecular weight excluding hydrogens is 286 g/mol. The van der Waals surface area contributed by atoms with Gasteiger partial charge in [0.2, 0.25) is 0 Å². The van der Waals surface area contributed by atoms with Gasteiger partial charge in [0.25, 0.3) is 5.91 Å². The minimum Gasteiger partial charge on any atom is -0.497 e. The molecule has 0 spiro atoms. The van der Waals surface area contributed by atoms with E-state index in [2.05, 4.69) is 0 Å². The Morgan fingerprint density at radius 3 is 2.82 bits per heavy atom. The van der Waals surface area contributed by atoms with E-state index in [0.29, 0.717) is 23.6 Å². The number of hydrogen-bond donors (Lipinski definition) is 1. The molecule has 0 aromatic heterocycles. The zero-order valence-corrected chi connectivity index (χ0v) is 12.7. The first-order chi connectivity index (χ1) is 10.5. The van der Waals surface area contributed by atoms with E-state index in [9.17, 15) is 9.59 Å². The Morgan fingerprint density at radius 2 is 2.18 bits per heavy atom. The molecule has 1 aliphatic rings.